The van der Waals surface area contributed by atoms with Gasteiger partial charge >= 0.3 is 0 Å². The second-order valence-electron chi connectivity index (χ2n) is 6.38. The fourth-order valence-electron chi connectivity index (χ4n) is 2.46. The Bertz CT molecular complexity index is 300. The monoisotopic (exact) mass is 299 g/mol. The molecule has 1 aliphatic rings. The van der Waals surface area contributed by atoms with Crippen molar-refractivity contribution in [3.05, 3.63) is 0 Å². The van der Waals surface area contributed by atoms with Crippen molar-refractivity contribution in [2.24, 2.45) is 10.9 Å². The number of rotatable bonds is 9. The van der Waals surface area contributed by atoms with E-state index in [0.29, 0.717) is 12.5 Å². The predicted molar refractivity (Wildman–Crippen MR) is 87.7 cm³/mol. The zero-order chi connectivity index (χ0) is 15.6. The Morgan fingerprint density at radius 2 is 2.00 bits per heavy atom. The van der Waals surface area contributed by atoms with Crippen molar-refractivity contribution >= 4 is 5.96 Å². The summed E-state index contributed by atoms with van der Waals surface area (Å²) in [6.45, 7) is 10.1. The summed E-state index contributed by atoms with van der Waals surface area (Å²) in [5.74, 6) is 1.38. The number of aliphatic imine (C=N–C) groups is 1. The van der Waals surface area contributed by atoms with Gasteiger partial charge in [-0.3, -0.25) is 4.99 Å². The fourth-order valence-corrected chi connectivity index (χ4v) is 2.46. The van der Waals surface area contributed by atoms with Gasteiger partial charge in [0.1, 0.15) is 0 Å². The van der Waals surface area contributed by atoms with Crippen LogP contribution in [0, 0.1) is 5.92 Å². The topological polar surface area (TPSA) is 65.9 Å². The number of hydrogen-bond acceptors (Lipinski definition) is 3. The molecule has 3 N–H and O–H groups in total. The van der Waals surface area contributed by atoms with Gasteiger partial charge in [0, 0.05) is 26.3 Å². The second-order valence-corrected chi connectivity index (χ2v) is 6.38. The van der Waals surface area contributed by atoms with Crippen LogP contribution in [0.15, 0.2) is 4.99 Å². The van der Waals surface area contributed by atoms with Crippen LogP contribution in [-0.2, 0) is 4.74 Å². The van der Waals surface area contributed by atoms with Crippen molar-refractivity contribution in [1.29, 1.82) is 0 Å². The summed E-state index contributed by atoms with van der Waals surface area (Å²) in [7, 11) is 0. The number of ether oxygens (including phenoxy) is 1. The maximum absolute atomic E-state index is 10.3. The molecular weight excluding hydrogens is 266 g/mol. The highest BCUT2D eigenvalue weighted by Gasteiger charge is 2.30. The van der Waals surface area contributed by atoms with E-state index in [4.69, 9.17) is 4.74 Å². The van der Waals surface area contributed by atoms with Gasteiger partial charge in [-0.05, 0) is 32.1 Å². The van der Waals surface area contributed by atoms with Gasteiger partial charge in [0.05, 0.1) is 12.1 Å². The molecule has 0 unspecified atom stereocenters. The summed E-state index contributed by atoms with van der Waals surface area (Å²) in [6.07, 6.45) is 4.94. The van der Waals surface area contributed by atoms with E-state index in [-0.39, 0.29) is 0 Å². The van der Waals surface area contributed by atoms with E-state index in [1.165, 1.54) is 0 Å². The van der Waals surface area contributed by atoms with Crippen molar-refractivity contribution in [3.8, 4) is 0 Å². The minimum atomic E-state index is -0.581. The molecule has 0 saturated heterocycles. The van der Waals surface area contributed by atoms with Gasteiger partial charge in [0.25, 0.3) is 0 Å². The highest BCUT2D eigenvalue weighted by atomic mass is 16.5. The van der Waals surface area contributed by atoms with Crippen LogP contribution in [0.2, 0.25) is 0 Å². The molecule has 0 spiro atoms. The molecule has 0 atom stereocenters. The quantitative estimate of drug-likeness (QED) is 0.346. The molecule has 5 nitrogen and oxygen atoms in total. The Morgan fingerprint density at radius 3 is 2.62 bits per heavy atom. The van der Waals surface area contributed by atoms with Gasteiger partial charge in [-0.1, -0.05) is 26.7 Å². The molecule has 1 rings (SSSR count). The molecule has 0 bridgehead atoms. The first-order valence-electron chi connectivity index (χ1n) is 8.38. The highest BCUT2D eigenvalue weighted by molar-refractivity contribution is 5.79. The zero-order valence-corrected chi connectivity index (χ0v) is 14.0. The molecule has 1 fully saturated rings. The number of nitrogens with one attached hydrogen (secondary N) is 2. The smallest absolute Gasteiger partial charge is 0.191 e. The first-order chi connectivity index (χ1) is 10.1. The minimum absolute atomic E-state index is 0.492. The van der Waals surface area contributed by atoms with Crippen molar-refractivity contribution in [2.45, 2.75) is 58.5 Å². The maximum Gasteiger partial charge on any atom is 0.191 e. The van der Waals surface area contributed by atoms with Gasteiger partial charge < -0.3 is 20.5 Å². The third-order valence-electron chi connectivity index (χ3n) is 3.62. The van der Waals surface area contributed by atoms with E-state index in [9.17, 15) is 5.11 Å². The van der Waals surface area contributed by atoms with E-state index in [2.05, 4.69) is 29.5 Å². The molecule has 0 aromatic carbocycles. The van der Waals surface area contributed by atoms with Crippen LogP contribution in [-0.4, -0.2) is 49.5 Å². The maximum atomic E-state index is 10.3. The number of guanidine groups is 1. The number of nitrogens with zero attached hydrogens (tertiary/aromatic N) is 1. The molecule has 0 aliphatic heterocycles. The summed E-state index contributed by atoms with van der Waals surface area (Å²) in [5.41, 5.74) is -0.581. The summed E-state index contributed by atoms with van der Waals surface area (Å²) < 4.78 is 5.55. The predicted octanol–water partition coefficient (Wildman–Crippen LogP) is 1.91. The lowest BCUT2D eigenvalue weighted by Gasteiger charge is -2.20. The van der Waals surface area contributed by atoms with Crippen LogP contribution in [0.5, 0.6) is 0 Å². The average molecular weight is 299 g/mol. The van der Waals surface area contributed by atoms with E-state index >= 15 is 0 Å². The SMILES string of the molecule is CCNC(=NCC1(O)CCCC1)NCCCOCC(C)C. The lowest BCUT2D eigenvalue weighted by atomic mass is 10.0. The van der Waals surface area contributed by atoms with Gasteiger partial charge in [0.15, 0.2) is 5.96 Å². The van der Waals surface area contributed by atoms with Crippen molar-refractivity contribution < 1.29 is 9.84 Å². The Labute approximate surface area is 129 Å². The minimum Gasteiger partial charge on any atom is -0.388 e. The van der Waals surface area contributed by atoms with E-state index in [1.54, 1.807) is 0 Å². The van der Waals surface area contributed by atoms with E-state index in [1.807, 2.05) is 6.92 Å². The summed E-state index contributed by atoms with van der Waals surface area (Å²) in [5, 5.41) is 16.8. The molecule has 5 heteroatoms. The molecular formula is C16H33N3O2. The lowest BCUT2D eigenvalue weighted by molar-refractivity contribution is 0.0574. The third kappa shape index (κ3) is 8.27. The Balaban J connectivity index is 2.22. The first-order valence-corrected chi connectivity index (χ1v) is 8.38. The second kappa shape index (κ2) is 10.0. The number of hydrogen-bond donors (Lipinski definition) is 3. The lowest BCUT2D eigenvalue weighted by Crippen LogP contribution is -2.40. The number of aliphatic hydroxyl groups is 1. The van der Waals surface area contributed by atoms with Crippen LogP contribution in [0.4, 0.5) is 0 Å². The highest BCUT2D eigenvalue weighted by Crippen LogP contribution is 2.29. The fraction of sp³-hybridized carbons (Fsp3) is 0.938. The molecule has 124 valence electrons. The molecule has 21 heavy (non-hydrogen) atoms. The van der Waals surface area contributed by atoms with Gasteiger partial charge in [0.2, 0.25) is 0 Å². The van der Waals surface area contributed by atoms with Crippen LogP contribution in [0.3, 0.4) is 0 Å². The van der Waals surface area contributed by atoms with E-state index < -0.39 is 5.60 Å². The molecule has 0 aromatic rings. The largest absolute Gasteiger partial charge is 0.388 e. The van der Waals surface area contributed by atoms with Gasteiger partial charge in [-0.2, -0.15) is 0 Å². The standard InChI is InChI=1S/C16H33N3O2/c1-4-17-15(18-10-7-11-21-12-14(2)3)19-13-16(20)8-5-6-9-16/h14,20H,4-13H2,1-3H3,(H2,17,18,19). The molecule has 0 heterocycles. The van der Waals surface area contributed by atoms with Crippen LogP contribution >= 0.6 is 0 Å². The molecule has 1 aliphatic carbocycles. The van der Waals surface area contributed by atoms with Gasteiger partial charge in [-0.25, -0.2) is 0 Å². The molecule has 0 aromatic heterocycles. The third-order valence-corrected chi connectivity index (χ3v) is 3.62. The summed E-state index contributed by atoms with van der Waals surface area (Å²) in [4.78, 5) is 4.52. The van der Waals surface area contributed by atoms with Crippen molar-refractivity contribution in [3.63, 3.8) is 0 Å². The molecule has 1 saturated carbocycles. The average Bonchev–Trinajstić information content (AvgIpc) is 2.87. The van der Waals surface area contributed by atoms with Crippen LogP contribution < -0.4 is 10.6 Å². The summed E-state index contributed by atoms with van der Waals surface area (Å²) >= 11 is 0. The Kier molecular flexibility index (Phi) is 8.69. The van der Waals surface area contributed by atoms with E-state index in [0.717, 1.165) is 64.4 Å². The molecule has 0 amide bonds. The van der Waals surface area contributed by atoms with Crippen molar-refractivity contribution in [2.75, 3.05) is 32.8 Å². The van der Waals surface area contributed by atoms with Crippen LogP contribution in [0.25, 0.3) is 0 Å². The summed E-state index contributed by atoms with van der Waals surface area (Å²) in [6, 6.07) is 0. The van der Waals surface area contributed by atoms with Crippen molar-refractivity contribution in [1.82, 2.24) is 10.6 Å². The van der Waals surface area contributed by atoms with Crippen LogP contribution in [0.1, 0.15) is 52.9 Å². The zero-order valence-electron chi connectivity index (χ0n) is 14.0. The Morgan fingerprint density at radius 1 is 1.29 bits per heavy atom. The van der Waals surface area contributed by atoms with Gasteiger partial charge in [-0.15, -0.1) is 0 Å². The molecule has 0 radical (unpaired) electrons. The first kappa shape index (κ1) is 18.2. The normalized spacial score (nSPS) is 18.2. The Hall–Kier alpha value is -0.810.